The van der Waals surface area contributed by atoms with Crippen LogP contribution >= 0.6 is 0 Å². The second kappa shape index (κ2) is 10.7. The van der Waals surface area contributed by atoms with Crippen molar-refractivity contribution in [3.8, 4) is 0 Å². The molecule has 0 aliphatic heterocycles. The predicted octanol–water partition coefficient (Wildman–Crippen LogP) is 2.37. The van der Waals surface area contributed by atoms with Gasteiger partial charge in [-0.05, 0) is 29.8 Å². The summed E-state index contributed by atoms with van der Waals surface area (Å²) in [7, 11) is -2.25. The van der Waals surface area contributed by atoms with Crippen molar-refractivity contribution in [2.24, 2.45) is 0 Å². The van der Waals surface area contributed by atoms with Crippen LogP contribution in [-0.4, -0.2) is 56.6 Å². The van der Waals surface area contributed by atoms with Crippen LogP contribution in [0.15, 0.2) is 64.0 Å². The summed E-state index contributed by atoms with van der Waals surface area (Å²) in [4.78, 5) is 27.5. The molecule has 2 aromatic carbocycles. The molecule has 0 atom stereocenters. The molecule has 10 heteroatoms. The molecule has 3 aromatic rings. The van der Waals surface area contributed by atoms with Crippen LogP contribution in [0.3, 0.4) is 0 Å². The quantitative estimate of drug-likeness (QED) is 0.446. The molecular formula is C23H25FN2O6S. The molecule has 8 nitrogen and oxygen atoms in total. The van der Waals surface area contributed by atoms with Crippen molar-refractivity contribution in [3.63, 3.8) is 0 Å². The van der Waals surface area contributed by atoms with Crippen LogP contribution in [0.5, 0.6) is 0 Å². The van der Waals surface area contributed by atoms with E-state index in [9.17, 15) is 22.4 Å². The van der Waals surface area contributed by atoms with E-state index in [2.05, 4.69) is 0 Å². The van der Waals surface area contributed by atoms with Gasteiger partial charge in [-0.3, -0.25) is 9.59 Å². The Morgan fingerprint density at radius 2 is 1.79 bits per heavy atom. The Labute approximate surface area is 191 Å². The normalized spacial score (nSPS) is 11.8. The number of halogens is 1. The van der Waals surface area contributed by atoms with Gasteiger partial charge in [0.15, 0.2) is 5.43 Å². The van der Waals surface area contributed by atoms with Gasteiger partial charge in [-0.25, -0.2) is 12.8 Å². The molecule has 1 heterocycles. The largest absolute Gasteiger partial charge is 0.464 e. The van der Waals surface area contributed by atoms with E-state index in [1.54, 1.807) is 24.3 Å². The van der Waals surface area contributed by atoms with Gasteiger partial charge in [0.05, 0.1) is 43.2 Å². The summed E-state index contributed by atoms with van der Waals surface area (Å²) in [5, 5.41) is 0.377. The fraction of sp³-hybridized carbons (Fsp3) is 0.304. The molecule has 0 spiro atoms. The Bertz CT molecular complexity index is 1270. The molecule has 3 rings (SSSR count). The smallest absolute Gasteiger partial charge is 0.238 e. The summed E-state index contributed by atoms with van der Waals surface area (Å²) >= 11 is 0. The number of hydrogen-bond donors (Lipinski definition) is 0. The van der Waals surface area contributed by atoms with Gasteiger partial charge in [0.1, 0.15) is 11.4 Å². The first-order chi connectivity index (χ1) is 15.7. The van der Waals surface area contributed by atoms with E-state index in [0.29, 0.717) is 16.5 Å². The van der Waals surface area contributed by atoms with E-state index in [1.807, 2.05) is 0 Å². The van der Waals surface area contributed by atoms with Crippen molar-refractivity contribution >= 4 is 26.9 Å². The standard InChI is InChI=1S/C23H25FN2O6S/c1-31-12-11-26(33(2,29)30)15-22(27)25(13-17-7-9-19(24)10-8-17)14-18-16-32-21-6-4-3-5-20(21)23(18)28/h3-10,16H,11-15H2,1-2H3. The minimum absolute atomic E-state index is 0.00355. The summed E-state index contributed by atoms with van der Waals surface area (Å²) in [5.41, 5.74) is 1.00. The lowest BCUT2D eigenvalue weighted by atomic mass is 10.1. The van der Waals surface area contributed by atoms with Crippen LogP contribution in [0.2, 0.25) is 0 Å². The molecule has 0 saturated heterocycles. The first kappa shape index (κ1) is 24.6. The zero-order valence-electron chi connectivity index (χ0n) is 18.4. The number of carbonyl (C=O) groups excluding carboxylic acids is 1. The minimum atomic E-state index is -3.68. The van der Waals surface area contributed by atoms with Gasteiger partial charge in [-0.15, -0.1) is 0 Å². The molecule has 0 fully saturated rings. The number of nitrogens with zero attached hydrogens (tertiary/aromatic N) is 2. The summed E-state index contributed by atoms with van der Waals surface area (Å²) in [6, 6.07) is 12.3. The molecule has 0 N–H and O–H groups in total. The van der Waals surface area contributed by atoms with Crippen molar-refractivity contribution in [3.05, 3.63) is 82.0 Å². The van der Waals surface area contributed by atoms with E-state index in [1.165, 1.54) is 42.5 Å². The predicted molar refractivity (Wildman–Crippen MR) is 121 cm³/mol. The fourth-order valence-electron chi connectivity index (χ4n) is 3.28. The molecule has 33 heavy (non-hydrogen) atoms. The van der Waals surface area contributed by atoms with E-state index in [4.69, 9.17) is 9.15 Å². The van der Waals surface area contributed by atoms with Crippen LogP contribution in [0.25, 0.3) is 11.0 Å². The lowest BCUT2D eigenvalue weighted by Crippen LogP contribution is -2.43. The maximum Gasteiger partial charge on any atom is 0.238 e. The van der Waals surface area contributed by atoms with Crippen molar-refractivity contribution in [1.29, 1.82) is 0 Å². The lowest BCUT2D eigenvalue weighted by Gasteiger charge is -2.26. The Hall–Kier alpha value is -3.08. The highest BCUT2D eigenvalue weighted by Crippen LogP contribution is 2.15. The van der Waals surface area contributed by atoms with Gasteiger partial charge in [0.2, 0.25) is 15.9 Å². The van der Waals surface area contributed by atoms with Gasteiger partial charge in [-0.1, -0.05) is 24.3 Å². The Balaban J connectivity index is 1.92. The summed E-state index contributed by atoms with van der Waals surface area (Å²) in [5.74, 6) is -0.942. The molecule has 0 saturated carbocycles. The third-order valence-corrected chi connectivity index (χ3v) is 6.33. The molecule has 0 bridgehead atoms. The van der Waals surface area contributed by atoms with E-state index < -0.39 is 28.3 Å². The number of carbonyl (C=O) groups is 1. The zero-order chi connectivity index (χ0) is 24.0. The highest BCUT2D eigenvalue weighted by atomic mass is 32.2. The van der Waals surface area contributed by atoms with Gasteiger partial charge in [0.25, 0.3) is 0 Å². The number of para-hydroxylation sites is 1. The number of ether oxygens (including phenoxy) is 1. The first-order valence-electron chi connectivity index (χ1n) is 10.1. The topological polar surface area (TPSA) is 97.1 Å². The Kier molecular flexibility index (Phi) is 7.96. The molecule has 1 aromatic heterocycles. The number of fused-ring (bicyclic) bond motifs is 1. The van der Waals surface area contributed by atoms with Crippen molar-refractivity contribution in [2.45, 2.75) is 13.1 Å². The van der Waals surface area contributed by atoms with Gasteiger partial charge in [-0.2, -0.15) is 4.31 Å². The molecule has 1 amide bonds. The number of methoxy groups -OCH3 is 1. The average molecular weight is 477 g/mol. The summed E-state index contributed by atoms with van der Waals surface area (Å²) in [6.45, 7) is -0.364. The minimum Gasteiger partial charge on any atom is -0.464 e. The van der Waals surface area contributed by atoms with E-state index >= 15 is 0 Å². The number of rotatable bonds is 10. The second-order valence-electron chi connectivity index (χ2n) is 7.55. The molecule has 0 aliphatic carbocycles. The Morgan fingerprint density at radius 1 is 1.09 bits per heavy atom. The number of benzene rings is 2. The maximum absolute atomic E-state index is 13.3. The molecular weight excluding hydrogens is 451 g/mol. The Morgan fingerprint density at radius 3 is 2.45 bits per heavy atom. The van der Waals surface area contributed by atoms with Crippen LogP contribution in [0, 0.1) is 5.82 Å². The SMILES string of the molecule is COCCN(CC(=O)N(Cc1ccc(F)cc1)Cc1coc2ccccc2c1=O)S(C)(=O)=O. The molecule has 0 aliphatic rings. The first-order valence-corrected chi connectivity index (χ1v) is 12.0. The summed E-state index contributed by atoms with van der Waals surface area (Å²) < 4.78 is 49.1. The highest BCUT2D eigenvalue weighted by Gasteiger charge is 2.24. The zero-order valence-corrected chi connectivity index (χ0v) is 19.2. The van der Waals surface area contributed by atoms with Crippen LogP contribution in [0.1, 0.15) is 11.1 Å². The van der Waals surface area contributed by atoms with Gasteiger partial charge in [0, 0.05) is 20.2 Å². The molecule has 0 radical (unpaired) electrons. The van der Waals surface area contributed by atoms with Crippen molar-refractivity contribution in [1.82, 2.24) is 9.21 Å². The third-order valence-electron chi connectivity index (χ3n) is 5.08. The summed E-state index contributed by atoms with van der Waals surface area (Å²) in [6.07, 6.45) is 2.31. The van der Waals surface area contributed by atoms with Crippen molar-refractivity contribution < 1.29 is 26.8 Å². The second-order valence-corrected chi connectivity index (χ2v) is 9.53. The molecule has 176 valence electrons. The highest BCUT2D eigenvalue weighted by molar-refractivity contribution is 7.88. The van der Waals surface area contributed by atoms with Crippen LogP contribution < -0.4 is 5.43 Å². The van der Waals surface area contributed by atoms with Gasteiger partial charge >= 0.3 is 0 Å². The van der Waals surface area contributed by atoms with Crippen LogP contribution in [0.4, 0.5) is 4.39 Å². The lowest BCUT2D eigenvalue weighted by molar-refractivity contribution is -0.132. The maximum atomic E-state index is 13.3. The number of sulfonamides is 1. The van der Waals surface area contributed by atoms with Gasteiger partial charge < -0.3 is 14.1 Å². The van der Waals surface area contributed by atoms with E-state index in [-0.39, 0.29) is 37.2 Å². The average Bonchev–Trinajstić information content (AvgIpc) is 2.78. The monoisotopic (exact) mass is 476 g/mol. The number of amides is 1. The van der Waals surface area contributed by atoms with E-state index in [0.717, 1.165) is 10.6 Å². The van der Waals surface area contributed by atoms with Crippen molar-refractivity contribution in [2.75, 3.05) is 33.1 Å². The molecule has 0 unspecified atom stereocenters. The number of hydrogen-bond acceptors (Lipinski definition) is 6. The third kappa shape index (κ3) is 6.47. The fourth-order valence-corrected chi connectivity index (χ4v) is 4.03. The van der Waals surface area contributed by atoms with Crippen LogP contribution in [-0.2, 0) is 32.6 Å².